The molecule has 0 aliphatic heterocycles. The summed E-state index contributed by atoms with van der Waals surface area (Å²) in [6.07, 6.45) is -0.515. The van der Waals surface area contributed by atoms with Crippen molar-refractivity contribution in [1.82, 2.24) is 0 Å². The Labute approximate surface area is 149 Å². The maximum Gasteiger partial charge on any atom is 0.417 e. The van der Waals surface area contributed by atoms with Gasteiger partial charge in [0.25, 0.3) is 0 Å². The second kappa shape index (κ2) is 7.90. The van der Waals surface area contributed by atoms with Crippen LogP contribution in [0.2, 0.25) is 5.02 Å². The van der Waals surface area contributed by atoms with Gasteiger partial charge in [-0.3, -0.25) is 5.32 Å². The SMILES string of the molecule is O=C(Nc1ccc(Sc2ccc(Cl)cc2)cc1)Oc1ccccc1. The molecule has 1 N–H and O–H groups in total. The van der Waals surface area contributed by atoms with Gasteiger partial charge in [-0.25, -0.2) is 4.79 Å². The van der Waals surface area contributed by atoms with E-state index in [-0.39, 0.29) is 0 Å². The fraction of sp³-hybridized carbons (Fsp3) is 0. The first kappa shape index (κ1) is 16.4. The topological polar surface area (TPSA) is 38.3 Å². The molecule has 0 aromatic heterocycles. The number of benzene rings is 3. The van der Waals surface area contributed by atoms with Crippen LogP contribution in [0.1, 0.15) is 0 Å². The third kappa shape index (κ3) is 4.78. The second-order valence-electron chi connectivity index (χ2n) is 4.91. The minimum atomic E-state index is -0.515. The fourth-order valence-corrected chi connectivity index (χ4v) is 2.93. The fourth-order valence-electron chi connectivity index (χ4n) is 1.98. The zero-order valence-corrected chi connectivity index (χ0v) is 14.2. The van der Waals surface area contributed by atoms with Gasteiger partial charge in [-0.15, -0.1) is 0 Å². The summed E-state index contributed by atoms with van der Waals surface area (Å²) in [6, 6.07) is 24.2. The van der Waals surface area contributed by atoms with Gasteiger partial charge >= 0.3 is 6.09 Å². The summed E-state index contributed by atoms with van der Waals surface area (Å²) in [7, 11) is 0. The van der Waals surface area contributed by atoms with Crippen LogP contribution >= 0.6 is 23.4 Å². The molecule has 0 fully saturated rings. The summed E-state index contributed by atoms with van der Waals surface area (Å²) >= 11 is 7.50. The third-order valence-electron chi connectivity index (χ3n) is 3.10. The van der Waals surface area contributed by atoms with E-state index in [0.29, 0.717) is 11.4 Å². The first-order chi connectivity index (χ1) is 11.7. The molecule has 3 aromatic rings. The van der Waals surface area contributed by atoms with Crippen molar-refractivity contribution < 1.29 is 9.53 Å². The molecule has 0 spiro atoms. The smallest absolute Gasteiger partial charge is 0.410 e. The van der Waals surface area contributed by atoms with Crippen molar-refractivity contribution in [1.29, 1.82) is 0 Å². The number of halogens is 1. The van der Waals surface area contributed by atoms with Crippen molar-refractivity contribution in [3.63, 3.8) is 0 Å². The van der Waals surface area contributed by atoms with Gasteiger partial charge in [-0.05, 0) is 60.7 Å². The number of nitrogens with one attached hydrogen (secondary N) is 1. The molecule has 5 heteroatoms. The van der Waals surface area contributed by atoms with Crippen LogP contribution in [0, 0.1) is 0 Å². The number of hydrogen-bond donors (Lipinski definition) is 1. The highest BCUT2D eigenvalue weighted by atomic mass is 35.5. The molecule has 0 bridgehead atoms. The van der Waals surface area contributed by atoms with Crippen molar-refractivity contribution in [2.45, 2.75) is 9.79 Å². The lowest BCUT2D eigenvalue weighted by molar-refractivity contribution is 0.215. The Balaban J connectivity index is 1.58. The molecule has 3 aromatic carbocycles. The number of hydrogen-bond acceptors (Lipinski definition) is 3. The van der Waals surface area contributed by atoms with Crippen molar-refractivity contribution in [3.05, 3.63) is 83.9 Å². The predicted octanol–water partition coefficient (Wildman–Crippen LogP) is 6.10. The molecule has 1 amide bonds. The van der Waals surface area contributed by atoms with Crippen LogP contribution in [0.25, 0.3) is 0 Å². The average Bonchev–Trinajstić information content (AvgIpc) is 2.59. The number of carbonyl (C=O) groups is 1. The van der Waals surface area contributed by atoms with Crippen LogP contribution in [-0.2, 0) is 0 Å². The highest BCUT2D eigenvalue weighted by Gasteiger charge is 2.05. The molecule has 0 atom stereocenters. The monoisotopic (exact) mass is 355 g/mol. The van der Waals surface area contributed by atoms with Crippen molar-refractivity contribution in [3.8, 4) is 5.75 Å². The summed E-state index contributed by atoms with van der Waals surface area (Å²) in [6.45, 7) is 0. The lowest BCUT2D eigenvalue weighted by atomic mass is 10.3. The van der Waals surface area contributed by atoms with Gasteiger partial charge in [0.15, 0.2) is 0 Å². The Hall–Kier alpha value is -2.43. The van der Waals surface area contributed by atoms with Crippen LogP contribution in [-0.4, -0.2) is 6.09 Å². The molecule has 0 heterocycles. The minimum absolute atomic E-state index is 0.505. The standard InChI is InChI=1S/C19H14ClNO2S/c20-14-6-10-17(11-7-14)24-18-12-8-15(9-13-18)21-19(22)23-16-4-2-1-3-5-16/h1-13H,(H,21,22). The van der Waals surface area contributed by atoms with Gasteiger partial charge < -0.3 is 4.74 Å². The Morgan fingerprint density at radius 2 is 1.42 bits per heavy atom. The van der Waals surface area contributed by atoms with Crippen LogP contribution in [0.15, 0.2) is 88.7 Å². The Kier molecular flexibility index (Phi) is 5.41. The van der Waals surface area contributed by atoms with E-state index in [2.05, 4.69) is 5.32 Å². The van der Waals surface area contributed by atoms with Crippen LogP contribution in [0.3, 0.4) is 0 Å². The quantitative estimate of drug-likeness (QED) is 0.614. The van der Waals surface area contributed by atoms with E-state index >= 15 is 0 Å². The molecule has 0 unspecified atom stereocenters. The number of anilines is 1. The van der Waals surface area contributed by atoms with E-state index in [1.807, 2.05) is 66.7 Å². The highest BCUT2D eigenvalue weighted by Crippen LogP contribution is 2.29. The van der Waals surface area contributed by atoms with Crippen molar-refractivity contribution in [2.24, 2.45) is 0 Å². The normalized spacial score (nSPS) is 10.2. The van der Waals surface area contributed by atoms with E-state index in [0.717, 1.165) is 14.8 Å². The molecular weight excluding hydrogens is 342 g/mol. The Bertz CT molecular complexity index is 805. The number of ether oxygens (including phenoxy) is 1. The summed E-state index contributed by atoms with van der Waals surface area (Å²) in [5.41, 5.74) is 0.677. The van der Waals surface area contributed by atoms with Crippen LogP contribution < -0.4 is 10.1 Å². The van der Waals surface area contributed by atoms with Gasteiger partial charge in [-0.1, -0.05) is 41.6 Å². The number of rotatable bonds is 4. The zero-order chi connectivity index (χ0) is 16.8. The highest BCUT2D eigenvalue weighted by molar-refractivity contribution is 7.99. The largest absolute Gasteiger partial charge is 0.417 e. The molecule has 0 saturated heterocycles. The maximum absolute atomic E-state index is 11.8. The molecule has 0 aliphatic rings. The summed E-state index contributed by atoms with van der Waals surface area (Å²) in [4.78, 5) is 14.0. The summed E-state index contributed by atoms with van der Waals surface area (Å²) in [5.74, 6) is 0.505. The summed E-state index contributed by atoms with van der Waals surface area (Å²) < 4.78 is 5.19. The van der Waals surface area contributed by atoms with Gasteiger partial charge in [0.05, 0.1) is 0 Å². The van der Waals surface area contributed by atoms with Gasteiger partial charge in [-0.2, -0.15) is 0 Å². The first-order valence-corrected chi connectivity index (χ1v) is 8.46. The van der Waals surface area contributed by atoms with Gasteiger partial charge in [0, 0.05) is 20.5 Å². The average molecular weight is 356 g/mol. The molecule has 3 rings (SSSR count). The molecule has 0 aliphatic carbocycles. The summed E-state index contributed by atoms with van der Waals surface area (Å²) in [5, 5.41) is 3.42. The predicted molar refractivity (Wildman–Crippen MR) is 98.1 cm³/mol. The molecule has 0 saturated carbocycles. The minimum Gasteiger partial charge on any atom is -0.410 e. The molecule has 0 radical (unpaired) electrons. The molecule has 24 heavy (non-hydrogen) atoms. The third-order valence-corrected chi connectivity index (χ3v) is 4.37. The second-order valence-corrected chi connectivity index (χ2v) is 6.49. The Morgan fingerprint density at radius 1 is 0.833 bits per heavy atom. The van der Waals surface area contributed by atoms with Gasteiger partial charge in [0.1, 0.15) is 5.75 Å². The van der Waals surface area contributed by atoms with E-state index in [9.17, 15) is 4.79 Å². The molecule has 120 valence electrons. The number of para-hydroxylation sites is 1. The van der Waals surface area contributed by atoms with E-state index < -0.39 is 6.09 Å². The Morgan fingerprint density at radius 3 is 2.04 bits per heavy atom. The molecular formula is C19H14ClNO2S. The molecule has 3 nitrogen and oxygen atoms in total. The van der Waals surface area contributed by atoms with Crippen molar-refractivity contribution in [2.75, 3.05) is 5.32 Å². The van der Waals surface area contributed by atoms with Crippen LogP contribution in [0.5, 0.6) is 5.75 Å². The first-order valence-electron chi connectivity index (χ1n) is 7.26. The number of amides is 1. The van der Waals surface area contributed by atoms with E-state index in [4.69, 9.17) is 16.3 Å². The van der Waals surface area contributed by atoms with Crippen molar-refractivity contribution >= 4 is 35.1 Å². The lowest BCUT2D eigenvalue weighted by Gasteiger charge is -2.07. The van der Waals surface area contributed by atoms with Gasteiger partial charge in [0.2, 0.25) is 0 Å². The zero-order valence-electron chi connectivity index (χ0n) is 12.6. The lowest BCUT2D eigenvalue weighted by Crippen LogP contribution is -2.16. The number of carbonyl (C=O) groups excluding carboxylic acids is 1. The van der Waals surface area contributed by atoms with Crippen LogP contribution in [0.4, 0.5) is 10.5 Å². The maximum atomic E-state index is 11.8. The van der Waals surface area contributed by atoms with E-state index in [1.165, 1.54) is 0 Å². The van der Waals surface area contributed by atoms with E-state index in [1.54, 1.807) is 23.9 Å².